The molecule has 1 aliphatic carbocycles. The number of ketones is 1. The minimum Gasteiger partial charge on any atom is -0.299 e. The van der Waals surface area contributed by atoms with Gasteiger partial charge in [-0.3, -0.25) is 4.79 Å². The van der Waals surface area contributed by atoms with Gasteiger partial charge in [-0.25, -0.2) is 8.78 Å². The Balaban J connectivity index is 2.17. The lowest BCUT2D eigenvalue weighted by atomic mass is 9.78. The molecule has 2 unspecified atom stereocenters. The van der Waals surface area contributed by atoms with Gasteiger partial charge in [0.2, 0.25) is 0 Å². The van der Waals surface area contributed by atoms with E-state index in [4.69, 9.17) is 0 Å². The van der Waals surface area contributed by atoms with Crippen molar-refractivity contribution in [2.45, 2.75) is 32.6 Å². The number of benzene rings is 1. The van der Waals surface area contributed by atoms with Gasteiger partial charge >= 0.3 is 0 Å². The Morgan fingerprint density at radius 2 is 1.94 bits per heavy atom. The van der Waals surface area contributed by atoms with E-state index in [0.29, 0.717) is 12.3 Å². The molecule has 0 spiro atoms. The molecule has 17 heavy (non-hydrogen) atoms. The molecular weight excluding hydrogens is 222 g/mol. The Morgan fingerprint density at radius 3 is 2.59 bits per heavy atom. The first-order chi connectivity index (χ1) is 8.08. The van der Waals surface area contributed by atoms with E-state index in [1.54, 1.807) is 0 Å². The molecular formula is C14H16F2O. The third kappa shape index (κ3) is 2.71. The van der Waals surface area contributed by atoms with Crippen LogP contribution in [0.2, 0.25) is 0 Å². The Labute approximate surface area is 99.8 Å². The van der Waals surface area contributed by atoms with E-state index in [1.165, 1.54) is 18.2 Å². The van der Waals surface area contributed by atoms with Crippen LogP contribution in [0.4, 0.5) is 8.78 Å². The molecule has 2 rings (SSSR count). The minimum absolute atomic E-state index is 0.0555. The molecule has 0 radical (unpaired) electrons. The zero-order valence-electron chi connectivity index (χ0n) is 9.88. The SMILES string of the molecule is CC1CCC(=O)C(Cc2c(F)cccc2F)C1. The van der Waals surface area contributed by atoms with Crippen molar-refractivity contribution in [1.82, 2.24) is 0 Å². The molecule has 1 aliphatic rings. The van der Waals surface area contributed by atoms with E-state index < -0.39 is 11.6 Å². The van der Waals surface area contributed by atoms with Crippen molar-refractivity contribution in [3.05, 3.63) is 35.4 Å². The highest BCUT2D eigenvalue weighted by Gasteiger charge is 2.28. The van der Waals surface area contributed by atoms with Gasteiger partial charge in [0.05, 0.1) is 0 Å². The van der Waals surface area contributed by atoms with Crippen molar-refractivity contribution >= 4 is 5.78 Å². The van der Waals surface area contributed by atoms with E-state index in [0.717, 1.165) is 12.8 Å². The van der Waals surface area contributed by atoms with Gasteiger partial charge in [0.1, 0.15) is 17.4 Å². The predicted octanol–water partition coefficient (Wildman–Crippen LogP) is 3.51. The summed E-state index contributed by atoms with van der Waals surface area (Å²) in [7, 11) is 0. The molecule has 0 saturated heterocycles. The molecule has 0 aromatic heterocycles. The van der Waals surface area contributed by atoms with Crippen LogP contribution in [0.1, 0.15) is 31.7 Å². The van der Waals surface area contributed by atoms with E-state index >= 15 is 0 Å². The Bertz CT molecular complexity index is 408. The second kappa shape index (κ2) is 4.94. The number of rotatable bonds is 2. The molecule has 1 saturated carbocycles. The summed E-state index contributed by atoms with van der Waals surface area (Å²) in [6.45, 7) is 2.08. The molecule has 1 nitrogen and oxygen atoms in total. The van der Waals surface area contributed by atoms with Crippen LogP contribution in [0.15, 0.2) is 18.2 Å². The smallest absolute Gasteiger partial charge is 0.136 e. The van der Waals surface area contributed by atoms with Crippen LogP contribution in [-0.4, -0.2) is 5.78 Å². The van der Waals surface area contributed by atoms with Crippen molar-refractivity contribution in [2.75, 3.05) is 0 Å². The molecule has 0 bridgehead atoms. The van der Waals surface area contributed by atoms with Crippen molar-refractivity contribution in [1.29, 1.82) is 0 Å². The first kappa shape index (κ1) is 12.2. The van der Waals surface area contributed by atoms with Crippen LogP contribution in [0.5, 0.6) is 0 Å². The molecule has 0 aliphatic heterocycles. The van der Waals surface area contributed by atoms with Crippen LogP contribution in [0.3, 0.4) is 0 Å². The molecule has 3 heteroatoms. The summed E-state index contributed by atoms with van der Waals surface area (Å²) < 4.78 is 27.0. The summed E-state index contributed by atoms with van der Waals surface area (Å²) in [4.78, 5) is 11.7. The van der Waals surface area contributed by atoms with E-state index in [2.05, 4.69) is 6.92 Å². The van der Waals surface area contributed by atoms with Crippen LogP contribution in [0, 0.1) is 23.5 Å². The average molecular weight is 238 g/mol. The zero-order chi connectivity index (χ0) is 12.4. The second-order valence-electron chi connectivity index (χ2n) is 4.95. The lowest BCUT2D eigenvalue weighted by molar-refractivity contribution is -0.125. The van der Waals surface area contributed by atoms with Gasteiger partial charge in [-0.15, -0.1) is 0 Å². The monoisotopic (exact) mass is 238 g/mol. The molecule has 1 aromatic carbocycles. The van der Waals surface area contributed by atoms with Gasteiger partial charge in [0.15, 0.2) is 0 Å². The quantitative estimate of drug-likeness (QED) is 0.770. The van der Waals surface area contributed by atoms with Gasteiger partial charge < -0.3 is 0 Å². The summed E-state index contributed by atoms with van der Waals surface area (Å²) in [6.07, 6.45) is 2.38. The fourth-order valence-electron chi connectivity index (χ4n) is 2.50. The Morgan fingerprint density at radius 1 is 1.29 bits per heavy atom. The molecule has 0 amide bonds. The first-order valence-corrected chi connectivity index (χ1v) is 6.03. The van der Waals surface area contributed by atoms with E-state index in [9.17, 15) is 13.6 Å². The summed E-state index contributed by atoms with van der Waals surface area (Å²) in [5.74, 6) is -0.699. The predicted molar refractivity (Wildman–Crippen MR) is 61.6 cm³/mol. The lowest BCUT2D eigenvalue weighted by Crippen LogP contribution is -2.26. The third-order valence-electron chi connectivity index (χ3n) is 3.54. The van der Waals surface area contributed by atoms with Gasteiger partial charge in [0.25, 0.3) is 0 Å². The summed E-state index contributed by atoms with van der Waals surface area (Å²) in [5.41, 5.74) is 0.0555. The van der Waals surface area contributed by atoms with Crippen LogP contribution in [-0.2, 0) is 11.2 Å². The molecule has 1 fully saturated rings. The molecule has 1 aromatic rings. The number of hydrogen-bond acceptors (Lipinski definition) is 1. The second-order valence-corrected chi connectivity index (χ2v) is 4.95. The van der Waals surface area contributed by atoms with Gasteiger partial charge in [-0.2, -0.15) is 0 Å². The topological polar surface area (TPSA) is 17.1 Å². The summed E-state index contributed by atoms with van der Waals surface area (Å²) in [6, 6.07) is 3.84. The third-order valence-corrected chi connectivity index (χ3v) is 3.54. The van der Waals surface area contributed by atoms with Crippen molar-refractivity contribution < 1.29 is 13.6 Å². The summed E-state index contributed by atoms with van der Waals surface area (Å²) in [5, 5.41) is 0. The number of carbonyl (C=O) groups excluding carboxylic acids is 1. The largest absolute Gasteiger partial charge is 0.299 e. The minimum atomic E-state index is -0.545. The highest BCUT2D eigenvalue weighted by atomic mass is 19.1. The first-order valence-electron chi connectivity index (χ1n) is 6.03. The number of hydrogen-bond donors (Lipinski definition) is 0. The lowest BCUT2D eigenvalue weighted by Gasteiger charge is -2.25. The van der Waals surface area contributed by atoms with E-state index in [1.807, 2.05) is 0 Å². The Hall–Kier alpha value is -1.25. The standard InChI is InChI=1S/C14H16F2O/c1-9-5-6-14(17)10(7-9)8-11-12(15)3-2-4-13(11)16/h2-4,9-10H,5-8H2,1H3. The normalized spacial score (nSPS) is 25.0. The summed E-state index contributed by atoms with van der Waals surface area (Å²) >= 11 is 0. The molecule has 0 N–H and O–H groups in total. The van der Waals surface area contributed by atoms with Crippen LogP contribution >= 0.6 is 0 Å². The van der Waals surface area contributed by atoms with Gasteiger partial charge in [-0.1, -0.05) is 13.0 Å². The van der Waals surface area contributed by atoms with Crippen molar-refractivity contribution in [3.8, 4) is 0 Å². The Kier molecular flexibility index (Phi) is 3.55. The van der Waals surface area contributed by atoms with Gasteiger partial charge in [0, 0.05) is 17.9 Å². The number of Topliss-reactive ketones (excluding diaryl/α,β-unsaturated/α-hetero) is 1. The number of carbonyl (C=O) groups is 1. The van der Waals surface area contributed by atoms with Crippen molar-refractivity contribution in [3.63, 3.8) is 0 Å². The maximum Gasteiger partial charge on any atom is 0.136 e. The average Bonchev–Trinajstić information content (AvgIpc) is 2.28. The van der Waals surface area contributed by atoms with E-state index in [-0.39, 0.29) is 23.7 Å². The highest BCUT2D eigenvalue weighted by Crippen LogP contribution is 2.29. The zero-order valence-corrected chi connectivity index (χ0v) is 9.88. The molecule has 0 heterocycles. The number of halogens is 2. The van der Waals surface area contributed by atoms with Crippen molar-refractivity contribution in [2.24, 2.45) is 11.8 Å². The highest BCUT2D eigenvalue weighted by molar-refractivity contribution is 5.82. The van der Waals surface area contributed by atoms with Crippen LogP contribution in [0.25, 0.3) is 0 Å². The fraction of sp³-hybridized carbons (Fsp3) is 0.500. The molecule has 2 atom stereocenters. The van der Waals surface area contributed by atoms with Gasteiger partial charge in [-0.05, 0) is 37.3 Å². The fourth-order valence-corrected chi connectivity index (χ4v) is 2.50. The van der Waals surface area contributed by atoms with Crippen LogP contribution < -0.4 is 0 Å². The maximum atomic E-state index is 13.5. The maximum absolute atomic E-state index is 13.5. The molecule has 92 valence electrons.